The van der Waals surface area contributed by atoms with Crippen LogP contribution in [-0.4, -0.2) is 34.9 Å². The van der Waals surface area contributed by atoms with Crippen molar-refractivity contribution in [2.75, 3.05) is 24.7 Å². The Labute approximate surface area is 152 Å². The van der Waals surface area contributed by atoms with E-state index in [9.17, 15) is 0 Å². The molecule has 3 rings (SSSR count). The van der Waals surface area contributed by atoms with Gasteiger partial charge in [-0.25, -0.2) is 9.97 Å². The molecule has 3 aromatic rings. The van der Waals surface area contributed by atoms with Gasteiger partial charge in [-0.05, 0) is 31.6 Å². The SMILES string of the molecule is CN/C(C)=C\C(=N)Nc1ncc(C)c(-c2c[nH]c3c(NC)cccc23)n1. The second-order valence-corrected chi connectivity index (χ2v) is 6.02. The van der Waals surface area contributed by atoms with E-state index in [2.05, 4.69) is 37.0 Å². The van der Waals surface area contributed by atoms with Crippen molar-refractivity contribution in [3.05, 3.63) is 47.9 Å². The summed E-state index contributed by atoms with van der Waals surface area (Å²) in [5.41, 5.74) is 5.77. The van der Waals surface area contributed by atoms with Gasteiger partial charge in [0, 0.05) is 43.1 Å². The van der Waals surface area contributed by atoms with Crippen molar-refractivity contribution in [2.24, 2.45) is 0 Å². The summed E-state index contributed by atoms with van der Waals surface area (Å²) in [6.45, 7) is 3.87. The Bertz CT molecular complexity index is 985. The number of aryl methyl sites for hydroxylation is 1. The molecule has 1 aromatic carbocycles. The Hall–Kier alpha value is -3.35. The minimum absolute atomic E-state index is 0.225. The first kappa shape index (κ1) is 17.5. The molecule has 0 spiro atoms. The lowest BCUT2D eigenvalue weighted by Crippen LogP contribution is -2.14. The largest absolute Gasteiger partial charge is 0.392 e. The van der Waals surface area contributed by atoms with E-state index in [-0.39, 0.29) is 5.84 Å². The van der Waals surface area contributed by atoms with E-state index in [1.165, 1.54) is 0 Å². The van der Waals surface area contributed by atoms with Crippen molar-refractivity contribution in [2.45, 2.75) is 13.8 Å². The van der Waals surface area contributed by atoms with Gasteiger partial charge in [0.25, 0.3) is 0 Å². The van der Waals surface area contributed by atoms with E-state index in [4.69, 9.17) is 5.41 Å². The van der Waals surface area contributed by atoms with Crippen molar-refractivity contribution < 1.29 is 0 Å². The predicted molar refractivity (Wildman–Crippen MR) is 108 cm³/mol. The van der Waals surface area contributed by atoms with Gasteiger partial charge in [0.05, 0.1) is 16.9 Å². The number of hydrogen-bond acceptors (Lipinski definition) is 5. The topological polar surface area (TPSA) is 102 Å². The number of nitrogens with one attached hydrogen (secondary N) is 5. The summed E-state index contributed by atoms with van der Waals surface area (Å²) in [4.78, 5) is 12.3. The molecule has 0 aliphatic carbocycles. The lowest BCUT2D eigenvalue weighted by Gasteiger charge is -2.09. The fraction of sp³-hybridized carbons (Fsp3) is 0.211. The van der Waals surface area contributed by atoms with E-state index in [0.717, 1.165) is 39.1 Å². The molecule has 26 heavy (non-hydrogen) atoms. The van der Waals surface area contributed by atoms with Gasteiger partial charge in [-0.1, -0.05) is 12.1 Å². The minimum Gasteiger partial charge on any atom is -0.392 e. The van der Waals surface area contributed by atoms with Gasteiger partial charge in [-0.3, -0.25) is 5.41 Å². The Balaban J connectivity index is 2.00. The van der Waals surface area contributed by atoms with Crippen LogP contribution in [0.5, 0.6) is 0 Å². The maximum absolute atomic E-state index is 8.02. The quantitative estimate of drug-likeness (QED) is 0.358. The molecule has 0 unspecified atom stereocenters. The Morgan fingerprint density at radius 3 is 2.81 bits per heavy atom. The van der Waals surface area contributed by atoms with Crippen LogP contribution in [0.2, 0.25) is 0 Å². The van der Waals surface area contributed by atoms with Crippen molar-refractivity contribution in [3.8, 4) is 11.3 Å². The molecule has 2 heterocycles. The van der Waals surface area contributed by atoms with Crippen LogP contribution in [-0.2, 0) is 0 Å². The van der Waals surface area contributed by atoms with Crippen LogP contribution in [0.25, 0.3) is 22.2 Å². The molecule has 0 saturated carbocycles. The minimum atomic E-state index is 0.225. The molecule has 0 bridgehead atoms. The fourth-order valence-electron chi connectivity index (χ4n) is 2.78. The zero-order valence-electron chi connectivity index (χ0n) is 15.4. The average Bonchev–Trinajstić information content (AvgIpc) is 3.07. The number of anilines is 2. The number of para-hydroxylation sites is 1. The second-order valence-electron chi connectivity index (χ2n) is 6.02. The summed E-state index contributed by atoms with van der Waals surface area (Å²) in [5, 5.41) is 18.2. The number of H-pyrrole nitrogens is 1. The maximum atomic E-state index is 8.02. The van der Waals surface area contributed by atoms with Crippen molar-refractivity contribution >= 4 is 28.4 Å². The lowest BCUT2D eigenvalue weighted by molar-refractivity contribution is 0.992. The fourth-order valence-corrected chi connectivity index (χ4v) is 2.78. The highest BCUT2D eigenvalue weighted by Crippen LogP contribution is 2.32. The normalized spacial score (nSPS) is 11.5. The Morgan fingerprint density at radius 2 is 2.08 bits per heavy atom. The number of aromatic nitrogens is 3. The highest BCUT2D eigenvalue weighted by Gasteiger charge is 2.13. The summed E-state index contributed by atoms with van der Waals surface area (Å²) in [6.07, 6.45) is 5.42. The van der Waals surface area contributed by atoms with Crippen LogP contribution in [0.15, 0.2) is 42.4 Å². The molecule has 7 heteroatoms. The molecular formula is C19H23N7. The Kier molecular flexibility index (Phi) is 4.88. The molecule has 5 N–H and O–H groups in total. The first-order valence-corrected chi connectivity index (χ1v) is 8.37. The van der Waals surface area contributed by atoms with Gasteiger partial charge < -0.3 is 20.9 Å². The van der Waals surface area contributed by atoms with Gasteiger partial charge in [0.1, 0.15) is 5.84 Å². The predicted octanol–water partition coefficient (Wildman–Crippen LogP) is 3.49. The van der Waals surface area contributed by atoms with E-state index in [1.807, 2.05) is 46.3 Å². The van der Waals surface area contributed by atoms with Gasteiger partial charge in [0.15, 0.2) is 0 Å². The molecule has 0 fully saturated rings. The number of nitrogens with zero attached hydrogens (tertiary/aromatic N) is 2. The summed E-state index contributed by atoms with van der Waals surface area (Å²) in [5.74, 6) is 0.623. The smallest absolute Gasteiger partial charge is 0.228 e. The highest BCUT2D eigenvalue weighted by atomic mass is 15.1. The molecule has 0 aliphatic rings. The van der Waals surface area contributed by atoms with Crippen molar-refractivity contribution in [3.63, 3.8) is 0 Å². The standard InChI is InChI=1S/C19H23N7/c1-11-9-24-19(25-16(20)8-12(2)21-3)26-17(11)14-10-23-18-13(14)6-5-7-15(18)22-4/h5-10,21-23H,1-4H3,(H2,20,24,25,26)/b12-8-. The van der Waals surface area contributed by atoms with Crippen LogP contribution < -0.4 is 16.0 Å². The monoisotopic (exact) mass is 349 g/mol. The number of rotatable bonds is 5. The van der Waals surface area contributed by atoms with Crippen molar-refractivity contribution in [1.82, 2.24) is 20.3 Å². The molecular weight excluding hydrogens is 326 g/mol. The van der Waals surface area contributed by atoms with Crippen LogP contribution in [0.4, 0.5) is 11.6 Å². The summed E-state index contributed by atoms with van der Waals surface area (Å²) < 4.78 is 0. The summed E-state index contributed by atoms with van der Waals surface area (Å²) in [6, 6.07) is 6.11. The summed E-state index contributed by atoms with van der Waals surface area (Å²) in [7, 11) is 3.72. The van der Waals surface area contributed by atoms with Crippen LogP contribution in [0, 0.1) is 12.3 Å². The number of fused-ring (bicyclic) bond motifs is 1. The van der Waals surface area contributed by atoms with Crippen LogP contribution in [0.1, 0.15) is 12.5 Å². The molecule has 0 aliphatic heterocycles. The van der Waals surface area contributed by atoms with Crippen molar-refractivity contribution in [1.29, 1.82) is 5.41 Å². The lowest BCUT2D eigenvalue weighted by atomic mass is 10.1. The molecule has 2 aromatic heterocycles. The van der Waals surface area contributed by atoms with E-state index in [0.29, 0.717) is 5.95 Å². The van der Waals surface area contributed by atoms with Gasteiger partial charge in [0.2, 0.25) is 5.95 Å². The molecule has 0 atom stereocenters. The average molecular weight is 349 g/mol. The first-order valence-electron chi connectivity index (χ1n) is 8.37. The number of aromatic amines is 1. The highest BCUT2D eigenvalue weighted by molar-refractivity contribution is 6.02. The number of benzene rings is 1. The zero-order chi connectivity index (χ0) is 18.7. The summed E-state index contributed by atoms with van der Waals surface area (Å²) >= 11 is 0. The third-order valence-corrected chi connectivity index (χ3v) is 4.21. The van der Waals surface area contributed by atoms with Crippen LogP contribution in [0.3, 0.4) is 0 Å². The molecule has 0 amide bonds. The molecule has 0 radical (unpaired) electrons. The Morgan fingerprint density at radius 1 is 1.27 bits per heavy atom. The van der Waals surface area contributed by atoms with Gasteiger partial charge in [-0.2, -0.15) is 0 Å². The van der Waals surface area contributed by atoms with Gasteiger partial charge in [-0.15, -0.1) is 0 Å². The zero-order valence-corrected chi connectivity index (χ0v) is 15.4. The van der Waals surface area contributed by atoms with E-state index in [1.54, 1.807) is 12.3 Å². The maximum Gasteiger partial charge on any atom is 0.228 e. The number of amidine groups is 1. The molecule has 7 nitrogen and oxygen atoms in total. The number of allylic oxidation sites excluding steroid dienone is 1. The van der Waals surface area contributed by atoms with E-state index >= 15 is 0 Å². The van der Waals surface area contributed by atoms with Gasteiger partial charge >= 0.3 is 0 Å². The molecule has 134 valence electrons. The second kappa shape index (κ2) is 7.26. The number of hydrogen-bond donors (Lipinski definition) is 5. The van der Waals surface area contributed by atoms with Crippen LogP contribution >= 0.6 is 0 Å². The van der Waals surface area contributed by atoms with E-state index < -0.39 is 0 Å². The first-order chi connectivity index (χ1) is 12.5. The third kappa shape index (κ3) is 3.37. The third-order valence-electron chi connectivity index (χ3n) is 4.21. The molecule has 0 saturated heterocycles.